The number of pyridine rings is 1. The fraction of sp³-hybridized carbons (Fsp3) is 0.273. The highest BCUT2D eigenvalue weighted by atomic mass is 15.3. The molecule has 0 aromatic carbocycles. The van der Waals surface area contributed by atoms with Gasteiger partial charge in [-0.1, -0.05) is 6.08 Å². The lowest BCUT2D eigenvalue weighted by molar-refractivity contribution is 0.738. The van der Waals surface area contributed by atoms with Gasteiger partial charge in [0.1, 0.15) is 6.33 Å². The molecule has 0 aliphatic carbocycles. The molecule has 0 spiro atoms. The molecule has 4 nitrogen and oxygen atoms in total. The Morgan fingerprint density at radius 1 is 1.40 bits per heavy atom. The molecule has 0 radical (unpaired) electrons. The molecule has 3 heterocycles. The molecule has 0 saturated carbocycles. The van der Waals surface area contributed by atoms with E-state index in [1.54, 1.807) is 6.33 Å². The minimum absolute atomic E-state index is 0.949. The Balaban J connectivity index is 2.17. The van der Waals surface area contributed by atoms with Crippen LogP contribution in [-0.2, 0) is 0 Å². The van der Waals surface area contributed by atoms with Crippen LogP contribution in [0.15, 0.2) is 30.7 Å². The molecular formula is C11H12N4. The van der Waals surface area contributed by atoms with Crippen molar-refractivity contribution in [2.24, 2.45) is 0 Å². The van der Waals surface area contributed by atoms with E-state index in [1.165, 1.54) is 11.1 Å². The van der Waals surface area contributed by atoms with Gasteiger partial charge in [-0.15, -0.1) is 0 Å². The molecule has 1 aliphatic rings. The lowest BCUT2D eigenvalue weighted by atomic mass is 10.0. The zero-order chi connectivity index (χ0) is 10.1. The molecule has 15 heavy (non-hydrogen) atoms. The van der Waals surface area contributed by atoms with Crippen molar-refractivity contribution in [2.75, 3.05) is 13.1 Å². The van der Waals surface area contributed by atoms with Crippen LogP contribution < -0.4 is 5.32 Å². The van der Waals surface area contributed by atoms with Crippen molar-refractivity contribution < 1.29 is 0 Å². The van der Waals surface area contributed by atoms with Crippen molar-refractivity contribution in [1.82, 2.24) is 19.9 Å². The van der Waals surface area contributed by atoms with Gasteiger partial charge in [0.2, 0.25) is 0 Å². The van der Waals surface area contributed by atoms with E-state index in [0.717, 1.165) is 25.2 Å². The third-order valence-corrected chi connectivity index (χ3v) is 2.71. The molecule has 0 bridgehead atoms. The van der Waals surface area contributed by atoms with Gasteiger partial charge < -0.3 is 5.32 Å². The van der Waals surface area contributed by atoms with E-state index >= 15 is 0 Å². The van der Waals surface area contributed by atoms with E-state index in [1.807, 2.05) is 16.8 Å². The number of nitrogens with one attached hydrogen (secondary N) is 1. The van der Waals surface area contributed by atoms with Crippen molar-refractivity contribution in [2.45, 2.75) is 6.42 Å². The van der Waals surface area contributed by atoms with Crippen LogP contribution in [0.25, 0.3) is 11.2 Å². The molecule has 76 valence electrons. The lowest BCUT2D eigenvalue weighted by Crippen LogP contribution is -2.20. The molecule has 1 aliphatic heterocycles. The van der Waals surface area contributed by atoms with Crippen molar-refractivity contribution in [3.63, 3.8) is 0 Å². The standard InChI is InChI=1S/C11H12N4/c1-2-10(9-3-5-12-6-4-9)11-13-8-14-15(11)7-1/h1-3,7-8,12H,4-6H2. The predicted octanol–water partition coefficient (Wildman–Crippen LogP) is 1.11. The number of fused-ring (bicyclic) bond motifs is 1. The molecule has 0 saturated heterocycles. The van der Waals surface area contributed by atoms with Gasteiger partial charge in [0.05, 0.1) is 0 Å². The Kier molecular flexibility index (Phi) is 1.99. The van der Waals surface area contributed by atoms with Gasteiger partial charge in [0.25, 0.3) is 0 Å². The summed E-state index contributed by atoms with van der Waals surface area (Å²) in [5.41, 5.74) is 3.52. The van der Waals surface area contributed by atoms with E-state index in [4.69, 9.17) is 0 Å². The molecule has 0 atom stereocenters. The number of nitrogens with zero attached hydrogens (tertiary/aromatic N) is 3. The molecule has 3 rings (SSSR count). The maximum atomic E-state index is 4.28. The summed E-state index contributed by atoms with van der Waals surface area (Å²) in [6.45, 7) is 1.99. The Hall–Kier alpha value is -1.68. The van der Waals surface area contributed by atoms with E-state index in [0.29, 0.717) is 0 Å². The van der Waals surface area contributed by atoms with E-state index < -0.39 is 0 Å². The van der Waals surface area contributed by atoms with E-state index in [2.05, 4.69) is 27.5 Å². The van der Waals surface area contributed by atoms with Crippen LogP contribution in [-0.4, -0.2) is 27.7 Å². The molecular weight excluding hydrogens is 188 g/mol. The van der Waals surface area contributed by atoms with Gasteiger partial charge in [-0.3, -0.25) is 0 Å². The van der Waals surface area contributed by atoms with Crippen LogP contribution in [0, 0.1) is 0 Å². The van der Waals surface area contributed by atoms with Crippen molar-refractivity contribution in [3.05, 3.63) is 36.3 Å². The molecule has 1 N–H and O–H groups in total. The van der Waals surface area contributed by atoms with Gasteiger partial charge in [-0.05, 0) is 30.7 Å². The summed E-state index contributed by atoms with van der Waals surface area (Å²) < 4.78 is 1.82. The first kappa shape index (κ1) is 8.61. The Bertz CT molecular complexity index is 512. The topological polar surface area (TPSA) is 42.2 Å². The lowest BCUT2D eigenvalue weighted by Gasteiger charge is -2.14. The SMILES string of the molecule is C1=C(c2cccn3ncnc23)CCNC1. The highest BCUT2D eigenvalue weighted by Crippen LogP contribution is 2.22. The Labute approximate surface area is 87.6 Å². The van der Waals surface area contributed by atoms with Crippen molar-refractivity contribution in [3.8, 4) is 0 Å². The monoisotopic (exact) mass is 200 g/mol. The van der Waals surface area contributed by atoms with Crippen molar-refractivity contribution in [1.29, 1.82) is 0 Å². The molecule has 2 aromatic heterocycles. The first-order chi connectivity index (χ1) is 7.45. The molecule has 0 unspecified atom stereocenters. The molecule has 4 heteroatoms. The highest BCUT2D eigenvalue weighted by Gasteiger charge is 2.10. The summed E-state index contributed by atoms with van der Waals surface area (Å²) in [5, 5.41) is 7.44. The first-order valence-electron chi connectivity index (χ1n) is 5.13. The largest absolute Gasteiger partial charge is 0.313 e. The first-order valence-corrected chi connectivity index (χ1v) is 5.13. The average Bonchev–Trinajstić information content (AvgIpc) is 2.78. The van der Waals surface area contributed by atoms with Crippen LogP contribution in [0.1, 0.15) is 12.0 Å². The van der Waals surface area contributed by atoms with E-state index in [-0.39, 0.29) is 0 Å². The number of rotatable bonds is 1. The van der Waals surface area contributed by atoms with Crippen molar-refractivity contribution >= 4 is 11.2 Å². The van der Waals surface area contributed by atoms with Crippen LogP contribution in [0.2, 0.25) is 0 Å². The van der Waals surface area contributed by atoms with Gasteiger partial charge >= 0.3 is 0 Å². The second kappa shape index (κ2) is 3.47. The number of aromatic nitrogens is 3. The number of hydrogen-bond donors (Lipinski definition) is 1. The number of hydrogen-bond acceptors (Lipinski definition) is 3. The molecule has 0 fully saturated rings. The fourth-order valence-corrected chi connectivity index (χ4v) is 1.97. The molecule has 0 amide bonds. The van der Waals surface area contributed by atoms with Gasteiger partial charge in [-0.2, -0.15) is 5.10 Å². The molecule has 2 aromatic rings. The van der Waals surface area contributed by atoms with Crippen LogP contribution >= 0.6 is 0 Å². The quantitative estimate of drug-likeness (QED) is 0.749. The van der Waals surface area contributed by atoms with Gasteiger partial charge in [-0.25, -0.2) is 9.50 Å². The third kappa shape index (κ3) is 1.43. The van der Waals surface area contributed by atoms with Gasteiger partial charge in [0, 0.05) is 18.3 Å². The zero-order valence-corrected chi connectivity index (χ0v) is 8.35. The summed E-state index contributed by atoms with van der Waals surface area (Å²) in [5.74, 6) is 0. The summed E-state index contributed by atoms with van der Waals surface area (Å²) in [4.78, 5) is 4.28. The minimum atomic E-state index is 0.949. The predicted molar refractivity (Wildman–Crippen MR) is 58.5 cm³/mol. The smallest absolute Gasteiger partial charge is 0.162 e. The van der Waals surface area contributed by atoms with E-state index in [9.17, 15) is 0 Å². The Morgan fingerprint density at radius 2 is 2.40 bits per heavy atom. The van der Waals surface area contributed by atoms with Crippen LogP contribution in [0.3, 0.4) is 0 Å². The average molecular weight is 200 g/mol. The summed E-state index contributed by atoms with van der Waals surface area (Å²) >= 11 is 0. The minimum Gasteiger partial charge on any atom is -0.313 e. The van der Waals surface area contributed by atoms with Crippen LogP contribution in [0.4, 0.5) is 0 Å². The fourth-order valence-electron chi connectivity index (χ4n) is 1.97. The third-order valence-electron chi connectivity index (χ3n) is 2.71. The second-order valence-corrected chi connectivity index (χ2v) is 3.63. The summed E-state index contributed by atoms with van der Waals surface area (Å²) in [7, 11) is 0. The summed E-state index contributed by atoms with van der Waals surface area (Å²) in [6, 6.07) is 4.13. The Morgan fingerprint density at radius 3 is 3.27 bits per heavy atom. The maximum Gasteiger partial charge on any atom is 0.162 e. The van der Waals surface area contributed by atoms with Gasteiger partial charge in [0.15, 0.2) is 5.65 Å². The van der Waals surface area contributed by atoms with Crippen LogP contribution in [0.5, 0.6) is 0 Å². The normalized spacial score (nSPS) is 16.7. The highest BCUT2D eigenvalue weighted by molar-refractivity contribution is 5.76. The zero-order valence-electron chi connectivity index (χ0n) is 8.35. The summed E-state index contributed by atoms with van der Waals surface area (Å²) in [6.07, 6.45) is 6.81. The maximum absolute atomic E-state index is 4.28. The second-order valence-electron chi connectivity index (χ2n) is 3.63.